The average Bonchev–Trinajstić information content (AvgIpc) is 2.05. The van der Waals surface area contributed by atoms with Crippen molar-refractivity contribution in [2.45, 2.75) is 39.5 Å². The van der Waals surface area contributed by atoms with Gasteiger partial charge in [-0.2, -0.15) is 0 Å². The molecule has 3 atom stereocenters. The van der Waals surface area contributed by atoms with Crippen LogP contribution < -0.4 is 0 Å². The summed E-state index contributed by atoms with van der Waals surface area (Å²) in [5, 5.41) is 8.92. The Bertz CT molecular complexity index is 170. The van der Waals surface area contributed by atoms with Crippen LogP contribution in [0.1, 0.15) is 39.5 Å². The summed E-state index contributed by atoms with van der Waals surface area (Å²) in [5.74, 6) is 2.75. The Morgan fingerprint density at radius 1 is 1.33 bits per heavy atom. The molecule has 12 heavy (non-hydrogen) atoms. The molecule has 0 spiro atoms. The van der Waals surface area contributed by atoms with Crippen LogP contribution in [0.3, 0.4) is 0 Å². The molecular weight excluding hydrogens is 148 g/mol. The largest absolute Gasteiger partial charge is 0.396 e. The Morgan fingerprint density at radius 2 is 2.08 bits per heavy atom. The lowest BCUT2D eigenvalue weighted by Gasteiger charge is -2.60. The molecule has 0 amide bonds. The highest BCUT2D eigenvalue weighted by Gasteiger charge is 2.53. The summed E-state index contributed by atoms with van der Waals surface area (Å²) >= 11 is 0. The first-order valence-corrected chi connectivity index (χ1v) is 5.27. The lowest BCUT2D eigenvalue weighted by atomic mass is 9.45. The fourth-order valence-electron chi connectivity index (χ4n) is 3.47. The third kappa shape index (κ3) is 1.02. The summed E-state index contributed by atoms with van der Waals surface area (Å²) in [6.45, 7) is 5.21. The van der Waals surface area contributed by atoms with Crippen LogP contribution in [0.15, 0.2) is 0 Å². The third-order valence-corrected chi connectivity index (χ3v) is 4.50. The molecule has 3 rings (SSSR count). The number of hydrogen-bond acceptors (Lipinski definition) is 1. The Balaban J connectivity index is 2.01. The van der Waals surface area contributed by atoms with E-state index in [1.807, 2.05) is 0 Å². The van der Waals surface area contributed by atoms with Crippen molar-refractivity contribution in [2.75, 3.05) is 6.61 Å². The SMILES string of the molecule is CC1(C)C2CC[C@H](CCO)C1C2. The summed E-state index contributed by atoms with van der Waals surface area (Å²) in [4.78, 5) is 0. The Morgan fingerprint density at radius 3 is 2.58 bits per heavy atom. The minimum atomic E-state index is 0.391. The van der Waals surface area contributed by atoms with Crippen LogP contribution in [-0.4, -0.2) is 11.7 Å². The molecule has 0 heterocycles. The normalized spacial score (nSPS) is 43.8. The van der Waals surface area contributed by atoms with Gasteiger partial charge in [-0.05, 0) is 48.9 Å². The van der Waals surface area contributed by atoms with Gasteiger partial charge >= 0.3 is 0 Å². The second-order valence-corrected chi connectivity index (χ2v) is 5.21. The molecule has 0 aromatic rings. The van der Waals surface area contributed by atoms with Gasteiger partial charge in [-0.1, -0.05) is 13.8 Å². The summed E-state index contributed by atoms with van der Waals surface area (Å²) < 4.78 is 0. The first kappa shape index (κ1) is 8.55. The van der Waals surface area contributed by atoms with Gasteiger partial charge in [-0.15, -0.1) is 0 Å². The molecule has 70 valence electrons. The number of fused-ring (bicyclic) bond motifs is 2. The van der Waals surface area contributed by atoms with Gasteiger partial charge < -0.3 is 5.11 Å². The molecule has 0 radical (unpaired) electrons. The highest BCUT2D eigenvalue weighted by Crippen LogP contribution is 2.61. The van der Waals surface area contributed by atoms with Crippen molar-refractivity contribution < 1.29 is 5.11 Å². The minimum Gasteiger partial charge on any atom is -0.396 e. The molecular formula is C11H20O. The predicted molar refractivity (Wildman–Crippen MR) is 49.8 cm³/mol. The van der Waals surface area contributed by atoms with Crippen molar-refractivity contribution in [3.8, 4) is 0 Å². The summed E-state index contributed by atoms with van der Waals surface area (Å²) in [6.07, 6.45) is 5.27. The van der Waals surface area contributed by atoms with Crippen molar-refractivity contribution in [1.82, 2.24) is 0 Å². The van der Waals surface area contributed by atoms with Crippen LogP contribution in [0.5, 0.6) is 0 Å². The smallest absolute Gasteiger partial charge is 0.0433 e. The van der Waals surface area contributed by atoms with Gasteiger partial charge in [0.05, 0.1) is 0 Å². The third-order valence-electron chi connectivity index (χ3n) is 4.50. The van der Waals surface area contributed by atoms with Gasteiger partial charge in [0.25, 0.3) is 0 Å². The van der Waals surface area contributed by atoms with E-state index in [0.29, 0.717) is 12.0 Å². The molecule has 2 unspecified atom stereocenters. The zero-order valence-corrected chi connectivity index (χ0v) is 8.21. The zero-order valence-electron chi connectivity index (χ0n) is 8.21. The molecule has 3 aliphatic carbocycles. The monoisotopic (exact) mass is 168 g/mol. The zero-order chi connectivity index (χ0) is 8.77. The van der Waals surface area contributed by atoms with E-state index >= 15 is 0 Å². The Kier molecular flexibility index (Phi) is 1.95. The second-order valence-electron chi connectivity index (χ2n) is 5.21. The summed E-state index contributed by atoms with van der Waals surface area (Å²) in [7, 11) is 0. The summed E-state index contributed by atoms with van der Waals surface area (Å²) in [6, 6.07) is 0. The molecule has 1 nitrogen and oxygen atoms in total. The number of hydrogen-bond donors (Lipinski definition) is 1. The average molecular weight is 168 g/mol. The van der Waals surface area contributed by atoms with Crippen molar-refractivity contribution >= 4 is 0 Å². The highest BCUT2D eigenvalue weighted by molar-refractivity contribution is 5.02. The van der Waals surface area contributed by atoms with Crippen molar-refractivity contribution in [2.24, 2.45) is 23.2 Å². The molecule has 0 saturated heterocycles. The van der Waals surface area contributed by atoms with E-state index in [-0.39, 0.29) is 0 Å². The molecule has 1 heteroatoms. The van der Waals surface area contributed by atoms with E-state index in [1.54, 1.807) is 0 Å². The van der Waals surface area contributed by atoms with Gasteiger partial charge in [0.15, 0.2) is 0 Å². The van der Waals surface area contributed by atoms with E-state index in [1.165, 1.54) is 19.3 Å². The maximum absolute atomic E-state index is 8.92. The van der Waals surface area contributed by atoms with Gasteiger partial charge in [0, 0.05) is 6.61 Å². The number of aliphatic hydroxyl groups excluding tert-OH is 1. The first-order chi connectivity index (χ1) is 5.66. The van der Waals surface area contributed by atoms with Gasteiger partial charge in [0.1, 0.15) is 0 Å². The molecule has 1 N–H and O–H groups in total. The van der Waals surface area contributed by atoms with E-state index in [4.69, 9.17) is 5.11 Å². The van der Waals surface area contributed by atoms with E-state index in [0.717, 1.165) is 24.2 Å². The van der Waals surface area contributed by atoms with E-state index in [2.05, 4.69) is 13.8 Å². The molecule has 0 aliphatic heterocycles. The molecule has 3 aliphatic rings. The van der Waals surface area contributed by atoms with Crippen molar-refractivity contribution in [3.63, 3.8) is 0 Å². The predicted octanol–water partition coefficient (Wildman–Crippen LogP) is 2.44. The standard InChI is InChI=1S/C11H20O/c1-11(2)9-4-3-8(5-6-12)10(11)7-9/h8-10,12H,3-7H2,1-2H3/t8-,9?,10?/m1/s1. The highest BCUT2D eigenvalue weighted by atomic mass is 16.3. The van der Waals surface area contributed by atoms with Gasteiger partial charge in [0.2, 0.25) is 0 Å². The minimum absolute atomic E-state index is 0.391. The number of aliphatic hydroxyl groups is 1. The van der Waals surface area contributed by atoms with Crippen LogP contribution in [0, 0.1) is 23.2 Å². The fourth-order valence-corrected chi connectivity index (χ4v) is 3.47. The van der Waals surface area contributed by atoms with E-state index < -0.39 is 0 Å². The topological polar surface area (TPSA) is 20.2 Å². The van der Waals surface area contributed by atoms with Crippen molar-refractivity contribution in [3.05, 3.63) is 0 Å². The van der Waals surface area contributed by atoms with Crippen molar-refractivity contribution in [1.29, 1.82) is 0 Å². The van der Waals surface area contributed by atoms with Crippen LogP contribution in [0.2, 0.25) is 0 Å². The number of rotatable bonds is 2. The maximum atomic E-state index is 8.92. The van der Waals surface area contributed by atoms with E-state index in [9.17, 15) is 0 Å². The molecule has 2 bridgehead atoms. The molecule has 0 aromatic heterocycles. The van der Waals surface area contributed by atoms with Crippen LogP contribution in [-0.2, 0) is 0 Å². The fraction of sp³-hybridized carbons (Fsp3) is 1.00. The Hall–Kier alpha value is -0.0400. The second kappa shape index (κ2) is 2.73. The lowest BCUT2D eigenvalue weighted by Crippen LogP contribution is -2.52. The van der Waals surface area contributed by atoms with Crippen LogP contribution in [0.25, 0.3) is 0 Å². The quantitative estimate of drug-likeness (QED) is 0.671. The Labute approximate surface area is 75.2 Å². The maximum Gasteiger partial charge on any atom is 0.0433 e. The van der Waals surface area contributed by atoms with Crippen LogP contribution in [0.4, 0.5) is 0 Å². The van der Waals surface area contributed by atoms with Gasteiger partial charge in [-0.3, -0.25) is 0 Å². The van der Waals surface area contributed by atoms with Crippen LogP contribution >= 0.6 is 0 Å². The first-order valence-electron chi connectivity index (χ1n) is 5.27. The molecule has 3 fully saturated rings. The summed E-state index contributed by atoms with van der Waals surface area (Å²) in [5.41, 5.74) is 0.595. The molecule has 0 aromatic carbocycles. The molecule has 3 saturated carbocycles. The van der Waals surface area contributed by atoms with Gasteiger partial charge in [-0.25, -0.2) is 0 Å². The lowest BCUT2D eigenvalue weighted by molar-refractivity contribution is -0.109.